The number of ether oxygens (including phenoxy) is 1. The molecule has 0 spiro atoms. The summed E-state index contributed by atoms with van der Waals surface area (Å²) >= 11 is 0.685. The number of amides is 1. The van der Waals surface area contributed by atoms with E-state index in [9.17, 15) is 51.2 Å². The molecule has 0 aliphatic carbocycles. The van der Waals surface area contributed by atoms with Crippen molar-refractivity contribution < 1.29 is 290 Å². The first-order valence-corrected chi connectivity index (χ1v) is 19.2. The molecule has 1 aromatic heterocycles. The topological polar surface area (TPSA) is 320 Å². The number of carbonyl (C=O) groups excluding carboxylic acids is 2. The number of hydrazone groups is 1. The van der Waals surface area contributed by atoms with Crippen LogP contribution in [-0.2, 0) is 58.3 Å². The molecule has 0 radical (unpaired) electrons. The van der Waals surface area contributed by atoms with Crippen molar-refractivity contribution in [3.05, 3.63) is 77.5 Å². The van der Waals surface area contributed by atoms with Gasteiger partial charge in [0.15, 0.2) is 5.69 Å². The fraction of sp³-hybridized carbons (Fsp3) is 0.172. The van der Waals surface area contributed by atoms with Crippen molar-refractivity contribution >= 4 is 73.7 Å². The Hall–Kier alpha value is 2.03. The number of esters is 1. The first kappa shape index (κ1) is 59.0. The third-order valence-electron chi connectivity index (χ3n) is 7.27. The van der Waals surface area contributed by atoms with Crippen LogP contribution >= 0.6 is 24.1 Å². The maximum atomic E-state index is 13.7. The third-order valence-corrected chi connectivity index (χ3v) is 10.2. The average molecular weight is 999 g/mol. The minimum Gasteiger partial charge on any atom is -0.744 e. The molecule has 294 valence electrons. The molecule has 1 fully saturated rings. The molecule has 3 heterocycles. The van der Waals surface area contributed by atoms with E-state index in [-0.39, 0.29) is 245 Å². The quantitative estimate of drug-likeness (QED) is 0.0151. The third kappa shape index (κ3) is 14.8. The van der Waals surface area contributed by atoms with Gasteiger partial charge in [0.05, 0.1) is 63.0 Å². The molecule has 30 heteroatoms. The van der Waals surface area contributed by atoms with Crippen LogP contribution < -0.4 is 221 Å². The molecule has 2 aromatic carbocycles. The summed E-state index contributed by atoms with van der Waals surface area (Å²) < 4.78 is 86.6. The van der Waals surface area contributed by atoms with Gasteiger partial charge in [-0.2, -0.15) is 38.3 Å². The first-order chi connectivity index (χ1) is 26.1. The Morgan fingerprint density at radius 1 is 0.881 bits per heavy atom. The minimum absolute atomic E-state index is 0. The zero-order valence-corrected chi connectivity index (χ0v) is 47.3. The van der Waals surface area contributed by atoms with E-state index >= 15 is 0 Å². The predicted molar refractivity (Wildman–Crippen MR) is 176 cm³/mol. The van der Waals surface area contributed by atoms with E-state index in [0.29, 0.717) is 33.8 Å². The zero-order valence-electron chi connectivity index (χ0n) is 31.6. The molecule has 5 rings (SSSR count). The van der Waals surface area contributed by atoms with Crippen molar-refractivity contribution in [2.75, 3.05) is 11.6 Å². The summed E-state index contributed by atoms with van der Waals surface area (Å²) in [5.41, 5.74) is -2.17. The van der Waals surface area contributed by atoms with E-state index in [0.717, 1.165) is 42.5 Å². The first-order valence-electron chi connectivity index (χ1n) is 14.9. The van der Waals surface area contributed by atoms with Gasteiger partial charge >= 0.3 is 212 Å². The summed E-state index contributed by atoms with van der Waals surface area (Å²) in [7, 11) is -10.4. The SMILES string of the molecule is CCOC(=O)c1nn(-c2cc(SOO[O-])ccc2S(=O)(=O)[O-])c(O)c1C=CC=C/C=C1\C(=O)N(c2cc(SOO[O-])ccc2S(=O)(=O)[O-])N=C1C1(CC)OO1.[K+].[K+].[K+].[K+]. The van der Waals surface area contributed by atoms with E-state index in [4.69, 9.17) is 14.5 Å². The van der Waals surface area contributed by atoms with Crippen LogP contribution in [0, 0.1) is 0 Å². The molecule has 0 saturated carbocycles. The summed E-state index contributed by atoms with van der Waals surface area (Å²) in [4.78, 5) is 35.1. The van der Waals surface area contributed by atoms with Gasteiger partial charge in [-0.25, -0.2) is 21.6 Å². The number of hydrogen-bond donors (Lipinski definition) is 1. The van der Waals surface area contributed by atoms with E-state index in [1.54, 1.807) is 6.92 Å². The van der Waals surface area contributed by atoms with Crippen molar-refractivity contribution in [1.82, 2.24) is 9.78 Å². The summed E-state index contributed by atoms with van der Waals surface area (Å²) in [6.07, 6.45) is 6.35. The molecule has 59 heavy (non-hydrogen) atoms. The number of nitrogens with zero attached hydrogens (tertiary/aromatic N) is 4. The minimum atomic E-state index is -5.20. The second-order valence-electron chi connectivity index (χ2n) is 10.5. The van der Waals surface area contributed by atoms with Crippen LogP contribution in [0.25, 0.3) is 11.8 Å². The van der Waals surface area contributed by atoms with Crippen LogP contribution in [0.3, 0.4) is 0 Å². The van der Waals surface area contributed by atoms with Gasteiger partial charge in [-0.15, -0.1) is 0 Å². The van der Waals surface area contributed by atoms with Crippen LogP contribution in [-0.4, -0.2) is 70.8 Å². The van der Waals surface area contributed by atoms with Crippen molar-refractivity contribution in [3.8, 4) is 11.6 Å². The molecule has 2 aliphatic heterocycles. The van der Waals surface area contributed by atoms with Crippen molar-refractivity contribution in [1.29, 1.82) is 0 Å². The normalized spacial score (nSPS) is 15.4. The van der Waals surface area contributed by atoms with E-state index in [2.05, 4.69) is 28.9 Å². The molecule has 0 bridgehead atoms. The van der Waals surface area contributed by atoms with E-state index < -0.39 is 70.6 Å². The number of aromatic hydroxyl groups is 1. The molecular weight excluding hydrogens is 977 g/mol. The summed E-state index contributed by atoms with van der Waals surface area (Å²) in [5, 5.41) is 47.1. The predicted octanol–water partition coefficient (Wildman–Crippen LogP) is -11.0. The monoisotopic (exact) mass is 998 g/mol. The number of rotatable bonds is 17. The van der Waals surface area contributed by atoms with Crippen LogP contribution in [0.15, 0.2) is 91.0 Å². The number of benzene rings is 2. The Morgan fingerprint density at radius 3 is 1.92 bits per heavy atom. The molecule has 0 unspecified atom stereocenters. The smallest absolute Gasteiger partial charge is 0.744 e. The van der Waals surface area contributed by atoms with Crippen LogP contribution in [0.5, 0.6) is 5.88 Å². The van der Waals surface area contributed by atoms with Gasteiger partial charge in [-0.3, -0.25) is 14.9 Å². The number of allylic oxidation sites excluding steroid dienone is 4. The molecule has 3 aromatic rings. The van der Waals surface area contributed by atoms with Crippen LogP contribution in [0.1, 0.15) is 36.3 Å². The number of aromatic nitrogens is 2. The van der Waals surface area contributed by atoms with Gasteiger partial charge in [-0.1, -0.05) is 25.2 Å². The fourth-order valence-corrected chi connectivity index (χ4v) is 6.89. The fourth-order valence-electron chi connectivity index (χ4n) is 4.84. The van der Waals surface area contributed by atoms with Crippen LogP contribution in [0.4, 0.5) is 5.69 Å². The molecular formula is C29H22K4N4O18S4. The standard InChI is InChI=1S/C29H26N4O18S4.4K/c1-3-29(46-47-29)25-19(27(35)33(31-25)21-15-17(53-51-49-38)11-13-23(21)55(42,43)44)9-7-5-6-8-18-24(28(36)45-4-2)30-32(26(18)34)20-14-16(52-50-48-37)10-12-22(20)54(39,40)41;;;;/h5-15,34,37-38H,3-4H2,1-2H3,(H,39,40,41)(H,42,43,44);;;;/q;4*+1/p-4/b7-5?,8-6?,19-9-;;;;. The Kier molecular flexibility index (Phi) is 26.4. The maximum Gasteiger partial charge on any atom is 1.00 e. The van der Waals surface area contributed by atoms with Gasteiger partial charge in [0.2, 0.25) is 5.88 Å². The Bertz CT molecular complexity index is 2360. The van der Waals surface area contributed by atoms with Crippen molar-refractivity contribution in [2.45, 2.75) is 45.6 Å². The Morgan fingerprint density at radius 2 is 1.42 bits per heavy atom. The summed E-state index contributed by atoms with van der Waals surface area (Å²) in [6, 6.07) is 5.98. The largest absolute Gasteiger partial charge is 1.00 e. The number of anilines is 1. The van der Waals surface area contributed by atoms with Gasteiger partial charge in [-0.05, 0) is 55.5 Å². The maximum absolute atomic E-state index is 13.7. The van der Waals surface area contributed by atoms with Crippen LogP contribution in [0.2, 0.25) is 0 Å². The second kappa shape index (κ2) is 26.4. The van der Waals surface area contributed by atoms with E-state index in [1.165, 1.54) is 31.2 Å². The second-order valence-corrected chi connectivity index (χ2v) is 14.7. The number of carbonyl (C=O) groups is 2. The molecule has 1 amide bonds. The number of hydrogen-bond acceptors (Lipinski definition) is 22. The molecule has 1 N–H and O–H groups in total. The van der Waals surface area contributed by atoms with Gasteiger partial charge in [0.25, 0.3) is 11.7 Å². The molecule has 0 atom stereocenters. The Balaban J connectivity index is 0.00000435. The molecule has 1 saturated heterocycles. The van der Waals surface area contributed by atoms with Crippen molar-refractivity contribution in [2.24, 2.45) is 5.10 Å². The molecule has 2 aliphatic rings. The van der Waals surface area contributed by atoms with Crippen molar-refractivity contribution in [3.63, 3.8) is 0 Å². The van der Waals surface area contributed by atoms with Gasteiger partial charge < -0.3 is 29.5 Å². The van der Waals surface area contributed by atoms with Gasteiger partial charge in [0, 0.05) is 16.2 Å². The van der Waals surface area contributed by atoms with E-state index in [1.807, 2.05) is 0 Å². The summed E-state index contributed by atoms with van der Waals surface area (Å²) in [6.45, 7) is 2.99. The Labute approximate surface area is 514 Å². The average Bonchev–Trinajstić information content (AvgIpc) is 3.77. The summed E-state index contributed by atoms with van der Waals surface area (Å²) in [5.74, 6) is -4.34. The van der Waals surface area contributed by atoms with Gasteiger partial charge in [0.1, 0.15) is 25.9 Å². The molecule has 22 nitrogen and oxygen atoms in total. The zero-order chi connectivity index (χ0) is 40.1.